The molecule has 0 N–H and O–H groups in total. The molecule has 2 aromatic heterocycles. The van der Waals surface area contributed by atoms with E-state index in [2.05, 4.69) is 31.2 Å². The van der Waals surface area contributed by atoms with Crippen molar-refractivity contribution in [2.24, 2.45) is 7.05 Å². The minimum Gasteiger partial charge on any atom is -0.454 e. The SMILES string of the molecule is Cc1ccc(-c2ccc(-c3c(F)ccc4c3oc3c(-c5cc(F)c(C(C)(C)C)c[n+]5C)c(C)ccc34)cc2)cc1. The fourth-order valence-electron chi connectivity index (χ4n) is 5.57. The minimum absolute atomic E-state index is 0.256. The van der Waals surface area contributed by atoms with E-state index in [1.54, 1.807) is 12.1 Å². The summed E-state index contributed by atoms with van der Waals surface area (Å²) in [6.45, 7) is 10.1. The number of aromatic nitrogens is 1. The zero-order valence-electron chi connectivity index (χ0n) is 23.7. The summed E-state index contributed by atoms with van der Waals surface area (Å²) < 4.78 is 39.3. The maximum absolute atomic E-state index is 15.5. The van der Waals surface area contributed by atoms with Crippen molar-refractivity contribution in [3.05, 3.63) is 113 Å². The molecule has 0 aliphatic heterocycles. The number of hydrogen-bond acceptors (Lipinski definition) is 1. The second kappa shape index (κ2) is 9.41. The van der Waals surface area contributed by atoms with Crippen molar-refractivity contribution in [1.82, 2.24) is 0 Å². The predicted octanol–water partition coefficient (Wildman–Crippen LogP) is 9.60. The monoisotopic (exact) mass is 532 g/mol. The zero-order valence-corrected chi connectivity index (χ0v) is 23.7. The van der Waals surface area contributed by atoms with Crippen molar-refractivity contribution in [3.8, 4) is 33.5 Å². The van der Waals surface area contributed by atoms with Crippen molar-refractivity contribution in [2.45, 2.75) is 40.0 Å². The number of rotatable bonds is 3. The first kappa shape index (κ1) is 25.9. The van der Waals surface area contributed by atoms with Crippen LogP contribution in [0.5, 0.6) is 0 Å². The van der Waals surface area contributed by atoms with Crippen molar-refractivity contribution in [1.29, 1.82) is 0 Å². The van der Waals surface area contributed by atoms with Gasteiger partial charge in [-0.1, -0.05) is 87.0 Å². The van der Waals surface area contributed by atoms with Gasteiger partial charge in [0.1, 0.15) is 29.8 Å². The van der Waals surface area contributed by atoms with Gasteiger partial charge >= 0.3 is 0 Å². The van der Waals surface area contributed by atoms with E-state index in [4.69, 9.17) is 4.42 Å². The van der Waals surface area contributed by atoms with Gasteiger partial charge in [0, 0.05) is 16.8 Å². The maximum atomic E-state index is 15.5. The third-order valence-electron chi connectivity index (χ3n) is 7.81. The zero-order chi connectivity index (χ0) is 28.3. The van der Waals surface area contributed by atoms with E-state index < -0.39 is 0 Å². The Kier molecular flexibility index (Phi) is 6.10. The summed E-state index contributed by atoms with van der Waals surface area (Å²) in [4.78, 5) is 0. The van der Waals surface area contributed by atoms with Crippen LogP contribution in [0.3, 0.4) is 0 Å². The van der Waals surface area contributed by atoms with Gasteiger partial charge in [-0.05, 0) is 53.6 Å². The highest BCUT2D eigenvalue weighted by Gasteiger charge is 2.28. The van der Waals surface area contributed by atoms with Crippen LogP contribution in [-0.4, -0.2) is 0 Å². The molecule has 0 saturated carbocycles. The van der Waals surface area contributed by atoms with Crippen molar-refractivity contribution < 1.29 is 17.8 Å². The van der Waals surface area contributed by atoms with Crippen LogP contribution in [0.1, 0.15) is 37.5 Å². The smallest absolute Gasteiger partial charge is 0.219 e. The number of hydrogen-bond donors (Lipinski definition) is 0. The molecule has 0 atom stereocenters. The molecule has 0 bridgehead atoms. The van der Waals surface area contributed by atoms with Crippen LogP contribution in [0, 0.1) is 25.5 Å². The summed E-state index contributed by atoms with van der Waals surface area (Å²) in [5.74, 6) is -0.604. The second-order valence-corrected chi connectivity index (χ2v) is 11.8. The molecule has 0 spiro atoms. The Labute approximate surface area is 233 Å². The second-order valence-electron chi connectivity index (χ2n) is 11.8. The van der Waals surface area contributed by atoms with Crippen LogP contribution in [0.15, 0.2) is 89.5 Å². The highest BCUT2D eigenvalue weighted by molar-refractivity contribution is 6.13. The van der Waals surface area contributed by atoms with Gasteiger partial charge < -0.3 is 4.42 Å². The fourth-order valence-corrected chi connectivity index (χ4v) is 5.57. The molecule has 0 fully saturated rings. The lowest BCUT2D eigenvalue weighted by Crippen LogP contribution is -2.34. The maximum Gasteiger partial charge on any atom is 0.219 e. The largest absolute Gasteiger partial charge is 0.454 e. The van der Waals surface area contributed by atoms with Gasteiger partial charge in [-0.3, -0.25) is 0 Å². The molecule has 2 heterocycles. The summed E-state index contributed by atoms with van der Waals surface area (Å²) in [6.07, 6.45) is 1.85. The number of furan rings is 1. The van der Waals surface area contributed by atoms with Gasteiger partial charge in [0.05, 0.1) is 16.7 Å². The first-order chi connectivity index (χ1) is 19.0. The molecule has 4 heteroatoms. The third kappa shape index (κ3) is 4.28. The molecule has 6 rings (SSSR count). The Bertz CT molecular complexity index is 1910. The minimum atomic E-state index is -0.348. The summed E-state index contributed by atoms with van der Waals surface area (Å²) >= 11 is 0. The van der Waals surface area contributed by atoms with Crippen LogP contribution in [0.25, 0.3) is 55.4 Å². The summed E-state index contributed by atoms with van der Waals surface area (Å²) in [5, 5.41) is 1.69. The molecule has 2 nitrogen and oxygen atoms in total. The van der Waals surface area contributed by atoms with Gasteiger partial charge in [0.25, 0.3) is 0 Å². The standard InChI is InChI=1S/C36H32F2NO/c1-21-7-10-23(11-8-21)24-12-14-25(15-13-24)33-29(37)18-17-27-26-16-9-22(2)32(34(26)40-35(27)33)31-19-30(38)28(20-39(31)6)36(3,4)5/h7-20H,1-6H3/q+1. The molecule has 0 saturated heterocycles. The number of halogens is 2. The summed E-state index contributed by atoms with van der Waals surface area (Å²) in [7, 11) is 1.92. The Morgan fingerprint density at radius 1 is 0.650 bits per heavy atom. The predicted molar refractivity (Wildman–Crippen MR) is 159 cm³/mol. The van der Waals surface area contributed by atoms with E-state index in [0.717, 1.165) is 38.6 Å². The number of pyridine rings is 1. The molecular formula is C36H32F2NO+. The van der Waals surface area contributed by atoms with Gasteiger partial charge in [0.2, 0.25) is 5.69 Å². The molecule has 200 valence electrons. The highest BCUT2D eigenvalue weighted by Crippen LogP contribution is 2.42. The summed E-state index contributed by atoms with van der Waals surface area (Å²) in [6, 6.07) is 25.1. The Hall–Kier alpha value is -4.31. The third-order valence-corrected chi connectivity index (χ3v) is 7.81. The number of aryl methyl sites for hydroxylation is 3. The van der Waals surface area contributed by atoms with E-state index in [9.17, 15) is 0 Å². The molecule has 0 aliphatic rings. The first-order valence-corrected chi connectivity index (χ1v) is 13.5. The van der Waals surface area contributed by atoms with Crippen molar-refractivity contribution in [3.63, 3.8) is 0 Å². The lowest BCUT2D eigenvalue weighted by atomic mass is 9.87. The van der Waals surface area contributed by atoms with Crippen LogP contribution in [-0.2, 0) is 12.5 Å². The normalized spacial score (nSPS) is 12.0. The summed E-state index contributed by atoms with van der Waals surface area (Å²) in [5.41, 5.74) is 8.42. The molecule has 0 unspecified atom stereocenters. The highest BCUT2D eigenvalue weighted by atomic mass is 19.1. The van der Waals surface area contributed by atoms with E-state index in [1.165, 1.54) is 11.6 Å². The van der Waals surface area contributed by atoms with E-state index >= 15 is 8.78 Å². The molecule has 0 amide bonds. The van der Waals surface area contributed by atoms with Crippen LogP contribution >= 0.6 is 0 Å². The molecule has 0 aliphatic carbocycles. The number of nitrogens with zero attached hydrogens (tertiary/aromatic N) is 1. The lowest BCUT2D eigenvalue weighted by molar-refractivity contribution is -0.661. The van der Waals surface area contributed by atoms with Crippen molar-refractivity contribution >= 4 is 21.9 Å². The Balaban J connectivity index is 1.55. The molecule has 6 aromatic rings. The van der Waals surface area contributed by atoms with E-state index in [1.807, 2.05) is 81.9 Å². The lowest BCUT2D eigenvalue weighted by Gasteiger charge is -2.18. The van der Waals surface area contributed by atoms with Crippen LogP contribution < -0.4 is 4.57 Å². The first-order valence-electron chi connectivity index (χ1n) is 13.5. The molecular weight excluding hydrogens is 500 g/mol. The average molecular weight is 533 g/mol. The van der Waals surface area contributed by atoms with Gasteiger partial charge in [-0.2, -0.15) is 0 Å². The molecule has 0 radical (unpaired) electrons. The topological polar surface area (TPSA) is 17.0 Å². The number of fused-ring (bicyclic) bond motifs is 3. The van der Waals surface area contributed by atoms with Gasteiger partial charge in [-0.15, -0.1) is 0 Å². The van der Waals surface area contributed by atoms with Gasteiger partial charge in [-0.25, -0.2) is 13.3 Å². The fraction of sp³-hybridized carbons (Fsp3) is 0.194. The Morgan fingerprint density at radius 2 is 1.20 bits per heavy atom. The van der Waals surface area contributed by atoms with Crippen LogP contribution in [0.2, 0.25) is 0 Å². The van der Waals surface area contributed by atoms with E-state index in [-0.39, 0.29) is 17.0 Å². The molecule has 4 aromatic carbocycles. The van der Waals surface area contributed by atoms with Crippen molar-refractivity contribution in [2.75, 3.05) is 0 Å². The quantitative estimate of drug-likeness (QED) is 0.207. The number of benzene rings is 4. The van der Waals surface area contributed by atoms with Crippen LogP contribution in [0.4, 0.5) is 8.78 Å². The van der Waals surface area contributed by atoms with Gasteiger partial charge in [0.15, 0.2) is 6.20 Å². The molecule has 40 heavy (non-hydrogen) atoms. The van der Waals surface area contributed by atoms with E-state index in [0.29, 0.717) is 28.0 Å². The average Bonchev–Trinajstić information content (AvgIpc) is 3.28. The Morgan fingerprint density at radius 3 is 1.82 bits per heavy atom.